The van der Waals surface area contributed by atoms with Gasteiger partial charge in [0, 0.05) is 19.0 Å². The first-order valence-corrected chi connectivity index (χ1v) is 30.4. The molecule has 0 radical (unpaired) electrons. The third-order valence-corrected chi connectivity index (χ3v) is 14.7. The van der Waals surface area contributed by atoms with Crippen LogP contribution in [-0.4, -0.2) is 96.9 Å². The number of esters is 2. The number of anilines is 1. The number of aliphatic hydroxyl groups is 3. The number of rotatable bonds is 44. The van der Waals surface area contributed by atoms with Crippen LogP contribution in [0.3, 0.4) is 0 Å². The van der Waals surface area contributed by atoms with E-state index in [0.29, 0.717) is 25.7 Å². The van der Waals surface area contributed by atoms with Gasteiger partial charge in [0.25, 0.3) is 0 Å². The van der Waals surface area contributed by atoms with Crippen molar-refractivity contribution in [3.05, 3.63) is 95.7 Å². The van der Waals surface area contributed by atoms with Crippen LogP contribution < -0.4 is 11.4 Å². The van der Waals surface area contributed by atoms with Crippen molar-refractivity contribution in [1.29, 1.82) is 0 Å². The van der Waals surface area contributed by atoms with Crippen LogP contribution in [0.15, 0.2) is 90.0 Å². The molecule has 21 heteroatoms. The van der Waals surface area contributed by atoms with E-state index in [1.807, 2.05) is 54.7 Å². The molecule has 8 atom stereocenters. The number of nitrogens with zero attached hydrogens (tertiary/aromatic N) is 2. The normalized spacial score (nSPS) is 19.8. The van der Waals surface area contributed by atoms with Gasteiger partial charge in [-0.05, 0) is 56.9 Å². The standard InChI is InChI=1S/C55H91N3O16P2/c1-4-5-30-36-46(59)37-32-27-23-19-15-11-9-13-16-20-24-28-33-38-50(60)69-42-47(72-51(61)39-34-29-25-21-17-12-8-6-7-10-14-18-22-26-31-35-45(2)3)43-70-75(65,66)74-76(67,68)71-44-48-52(62)53(63)54(73-48)58-41-40-49(56)57-55(58)64/h5,11,13,15-16,23-24,27-28,30,32,37,40-41,45-48,52-54,59,62-63H,4,6-10,12,14,17-22,25-26,29,31,33-36,38-39,42-44H2,1-3H3,(H,65,66)(H,67,68)(H2,56,57,64)/b15-11-,16-13-,27-23+,28-24-,30-5-,37-32+/t46?,47-,48-,52-,53-,54-/m1/s1. The Morgan fingerprint density at radius 2 is 1.30 bits per heavy atom. The second kappa shape index (κ2) is 41.2. The molecule has 19 nitrogen and oxygen atoms in total. The molecule has 1 fully saturated rings. The lowest BCUT2D eigenvalue weighted by molar-refractivity contribution is -0.161. The van der Waals surface area contributed by atoms with Crippen molar-refractivity contribution in [3.8, 4) is 0 Å². The van der Waals surface area contributed by atoms with Gasteiger partial charge in [-0.15, -0.1) is 0 Å². The molecule has 0 aliphatic carbocycles. The highest BCUT2D eigenvalue weighted by atomic mass is 31.3. The van der Waals surface area contributed by atoms with E-state index in [4.69, 9.17) is 29.0 Å². The Labute approximate surface area is 451 Å². The summed E-state index contributed by atoms with van der Waals surface area (Å²) in [5.74, 6) is -0.626. The van der Waals surface area contributed by atoms with Gasteiger partial charge in [0.05, 0.1) is 19.3 Å². The third kappa shape index (κ3) is 34.1. The molecule has 1 aromatic rings. The Morgan fingerprint density at radius 1 is 0.737 bits per heavy atom. The molecule has 0 saturated carbocycles. The number of carbonyl (C=O) groups excluding carboxylic acids is 2. The topological polar surface area (TPSA) is 286 Å². The zero-order valence-corrected chi connectivity index (χ0v) is 47.1. The molecular formula is C55H91N3O16P2. The molecule has 0 bridgehead atoms. The minimum atomic E-state index is -5.45. The smallest absolute Gasteiger partial charge is 0.462 e. The minimum absolute atomic E-state index is 0.0156. The Morgan fingerprint density at radius 3 is 1.89 bits per heavy atom. The van der Waals surface area contributed by atoms with Crippen molar-refractivity contribution in [3.63, 3.8) is 0 Å². The molecule has 432 valence electrons. The highest BCUT2D eigenvalue weighted by Crippen LogP contribution is 2.60. The van der Waals surface area contributed by atoms with Crippen LogP contribution in [-0.2, 0) is 46.3 Å². The molecule has 1 saturated heterocycles. The number of aliphatic hydroxyl groups excluding tert-OH is 3. The molecule has 0 amide bonds. The van der Waals surface area contributed by atoms with E-state index in [-0.39, 0.29) is 18.7 Å². The molecule has 0 aromatic carbocycles. The SMILES string of the molecule is CC/C=C\CC(O)/C=C/C=C/C/C=C\C/C=C\C/C=C\CCC(=O)OC[C@H](COP(=O)(O)OP(=O)(O)OC[C@H]1O[C@@H](n2ccc(N)nc2=O)[C@H](O)[C@@H]1O)OC(=O)CCCCCCCCCCCCCCCCCC(C)C. The first-order chi connectivity index (χ1) is 36.4. The molecule has 2 heterocycles. The van der Waals surface area contributed by atoms with Crippen molar-refractivity contribution < 1.29 is 71.4 Å². The van der Waals surface area contributed by atoms with Gasteiger partial charge in [-0.25, -0.2) is 13.9 Å². The second-order valence-corrected chi connectivity index (χ2v) is 22.4. The van der Waals surface area contributed by atoms with E-state index in [2.05, 4.69) is 42.2 Å². The van der Waals surface area contributed by atoms with Crippen molar-refractivity contribution in [2.24, 2.45) is 5.92 Å². The zero-order valence-electron chi connectivity index (χ0n) is 45.3. The van der Waals surface area contributed by atoms with Crippen LogP contribution in [0.2, 0.25) is 0 Å². The van der Waals surface area contributed by atoms with E-state index in [1.165, 1.54) is 76.7 Å². The van der Waals surface area contributed by atoms with Gasteiger partial charge in [-0.3, -0.25) is 23.2 Å². The molecule has 1 aliphatic rings. The molecular weight excluding hydrogens is 1020 g/mol. The number of nitrogens with two attached hydrogens (primary N) is 1. The monoisotopic (exact) mass is 1110 g/mol. The fraction of sp³-hybridized carbons (Fsp3) is 0.673. The Bertz CT molecular complexity index is 2090. The third-order valence-electron chi connectivity index (χ3n) is 12.1. The highest BCUT2D eigenvalue weighted by Gasteiger charge is 2.46. The maximum atomic E-state index is 12.9. The summed E-state index contributed by atoms with van der Waals surface area (Å²) in [6.07, 6.45) is 38.9. The predicted molar refractivity (Wildman–Crippen MR) is 294 cm³/mol. The van der Waals surface area contributed by atoms with Crippen LogP contribution in [0.5, 0.6) is 0 Å². The fourth-order valence-corrected chi connectivity index (χ4v) is 9.95. The second-order valence-electron chi connectivity index (χ2n) is 19.4. The van der Waals surface area contributed by atoms with Crippen LogP contribution in [0.4, 0.5) is 5.82 Å². The van der Waals surface area contributed by atoms with E-state index in [9.17, 15) is 48.6 Å². The highest BCUT2D eigenvalue weighted by molar-refractivity contribution is 7.61. The van der Waals surface area contributed by atoms with Crippen LogP contribution in [0, 0.1) is 5.92 Å². The van der Waals surface area contributed by atoms with Crippen molar-refractivity contribution >= 4 is 33.4 Å². The number of hydrogen-bond acceptors (Lipinski definition) is 16. The zero-order chi connectivity index (χ0) is 55.9. The number of hydrogen-bond donors (Lipinski definition) is 6. The molecule has 2 rings (SSSR count). The fourth-order valence-electron chi connectivity index (χ4n) is 7.84. The molecule has 1 aromatic heterocycles. The molecule has 1 aliphatic heterocycles. The first-order valence-electron chi connectivity index (χ1n) is 27.4. The number of unbranched alkanes of at least 4 members (excludes halogenated alkanes) is 14. The predicted octanol–water partition coefficient (Wildman–Crippen LogP) is 10.9. The minimum Gasteiger partial charge on any atom is -0.462 e. The summed E-state index contributed by atoms with van der Waals surface area (Å²) >= 11 is 0. The lowest BCUT2D eigenvalue weighted by atomic mass is 10.0. The number of nitrogen functional groups attached to an aromatic ring is 1. The Hall–Kier alpha value is -3.84. The van der Waals surface area contributed by atoms with Crippen molar-refractivity contribution in [2.75, 3.05) is 25.6 Å². The number of aromatic nitrogens is 2. The van der Waals surface area contributed by atoms with Gasteiger partial charge in [-0.2, -0.15) is 9.29 Å². The summed E-state index contributed by atoms with van der Waals surface area (Å²) in [4.78, 5) is 62.0. The van der Waals surface area contributed by atoms with Crippen LogP contribution in [0.1, 0.15) is 181 Å². The van der Waals surface area contributed by atoms with Gasteiger partial charge in [0.15, 0.2) is 12.3 Å². The lowest BCUT2D eigenvalue weighted by Gasteiger charge is -2.21. The average Bonchev–Trinajstić information content (AvgIpc) is 3.64. The molecule has 7 N–H and O–H groups in total. The molecule has 0 spiro atoms. The van der Waals surface area contributed by atoms with Gasteiger partial charge < -0.3 is 45.1 Å². The van der Waals surface area contributed by atoms with Gasteiger partial charge >= 0.3 is 33.3 Å². The van der Waals surface area contributed by atoms with E-state index < -0.39 is 89.8 Å². The van der Waals surface area contributed by atoms with E-state index in [1.54, 1.807) is 6.08 Å². The van der Waals surface area contributed by atoms with Crippen LogP contribution >= 0.6 is 15.6 Å². The number of phosphoric acid groups is 2. The van der Waals surface area contributed by atoms with Crippen LogP contribution in [0.25, 0.3) is 0 Å². The summed E-state index contributed by atoms with van der Waals surface area (Å²) in [7, 11) is -10.9. The van der Waals surface area contributed by atoms with Crippen molar-refractivity contribution in [2.45, 2.75) is 212 Å². The Balaban J connectivity index is 1.81. The van der Waals surface area contributed by atoms with Gasteiger partial charge in [0.2, 0.25) is 0 Å². The summed E-state index contributed by atoms with van der Waals surface area (Å²) < 4.78 is 56.8. The summed E-state index contributed by atoms with van der Waals surface area (Å²) in [6.45, 7) is 4.21. The lowest BCUT2D eigenvalue weighted by Crippen LogP contribution is -2.36. The Kier molecular flexibility index (Phi) is 37.0. The van der Waals surface area contributed by atoms with Gasteiger partial charge in [0.1, 0.15) is 30.7 Å². The first kappa shape index (κ1) is 68.3. The summed E-state index contributed by atoms with van der Waals surface area (Å²) in [6, 6.07) is 1.24. The van der Waals surface area contributed by atoms with E-state index in [0.717, 1.165) is 61.6 Å². The number of carbonyl (C=O) groups is 2. The molecule has 3 unspecified atom stereocenters. The summed E-state index contributed by atoms with van der Waals surface area (Å²) in [5, 5.41) is 30.8. The average molecular weight is 1110 g/mol. The van der Waals surface area contributed by atoms with Crippen molar-refractivity contribution in [1.82, 2.24) is 9.55 Å². The van der Waals surface area contributed by atoms with Gasteiger partial charge in [-0.1, -0.05) is 190 Å². The number of ether oxygens (including phenoxy) is 3. The maximum absolute atomic E-state index is 12.9. The number of allylic oxidation sites excluding steroid dienone is 10. The quantitative estimate of drug-likeness (QED) is 0.0116. The van der Waals surface area contributed by atoms with E-state index >= 15 is 0 Å². The number of phosphoric ester groups is 2. The largest absolute Gasteiger partial charge is 0.481 e. The molecule has 76 heavy (non-hydrogen) atoms. The summed E-state index contributed by atoms with van der Waals surface area (Å²) in [5.41, 5.74) is 4.59. The maximum Gasteiger partial charge on any atom is 0.481 e.